The number of ketones is 1. The van der Waals surface area contributed by atoms with E-state index in [1.165, 1.54) is 12.1 Å². The van der Waals surface area contributed by atoms with Crippen molar-refractivity contribution in [2.24, 2.45) is 11.8 Å². The Kier molecular flexibility index (Phi) is 6.92. The molecule has 0 aliphatic heterocycles. The third-order valence-electron chi connectivity index (χ3n) is 6.23. The fourth-order valence-electron chi connectivity index (χ4n) is 4.66. The first-order valence-electron chi connectivity index (χ1n) is 10.9. The Hall–Kier alpha value is -2.06. The number of benzene rings is 2. The highest BCUT2D eigenvalue weighted by Gasteiger charge is 2.43. The summed E-state index contributed by atoms with van der Waals surface area (Å²) in [7, 11) is 0. The highest BCUT2D eigenvalue weighted by molar-refractivity contribution is 7.99. The van der Waals surface area contributed by atoms with Crippen molar-refractivity contribution in [3.8, 4) is 11.5 Å². The fraction of sp³-hybridized carbons (Fsp3) is 0.320. The minimum Gasteiger partial charge on any atom is -0.490 e. The first-order chi connectivity index (χ1) is 16.1. The molecule has 3 unspecified atom stereocenters. The predicted octanol–water partition coefficient (Wildman–Crippen LogP) is 6.43. The summed E-state index contributed by atoms with van der Waals surface area (Å²) in [5, 5.41) is 0. The molecule has 172 valence electrons. The van der Waals surface area contributed by atoms with E-state index in [0.717, 1.165) is 44.7 Å². The van der Waals surface area contributed by atoms with Crippen LogP contribution in [0.4, 0.5) is 4.39 Å². The Morgan fingerprint density at radius 1 is 1.03 bits per heavy atom. The van der Waals surface area contributed by atoms with Crippen LogP contribution in [0.2, 0.25) is 4.34 Å². The fourth-order valence-corrected chi connectivity index (χ4v) is 6.90. The molecule has 0 radical (unpaired) electrons. The molecule has 2 aliphatic rings. The third kappa shape index (κ3) is 5.22. The van der Waals surface area contributed by atoms with Crippen LogP contribution in [0, 0.1) is 17.7 Å². The molecule has 33 heavy (non-hydrogen) atoms. The lowest BCUT2D eigenvalue weighted by Crippen LogP contribution is -2.36. The number of rotatable bonds is 8. The van der Waals surface area contributed by atoms with Gasteiger partial charge in [-0.05, 0) is 97.3 Å². The van der Waals surface area contributed by atoms with E-state index in [2.05, 4.69) is 4.72 Å². The van der Waals surface area contributed by atoms with Crippen molar-refractivity contribution in [1.29, 1.82) is 0 Å². The molecule has 0 spiro atoms. The summed E-state index contributed by atoms with van der Waals surface area (Å²) in [4.78, 5) is 13.3. The van der Waals surface area contributed by atoms with Crippen molar-refractivity contribution in [2.45, 2.75) is 29.5 Å². The minimum absolute atomic E-state index is 0.00457. The van der Waals surface area contributed by atoms with Gasteiger partial charge in [0.2, 0.25) is 0 Å². The lowest BCUT2D eigenvalue weighted by molar-refractivity contribution is 0.0909. The van der Waals surface area contributed by atoms with Crippen LogP contribution >= 0.6 is 34.9 Å². The van der Waals surface area contributed by atoms with Crippen molar-refractivity contribution in [1.82, 2.24) is 4.72 Å². The van der Waals surface area contributed by atoms with E-state index in [4.69, 9.17) is 21.1 Å². The number of thiophene rings is 1. The lowest BCUT2D eigenvalue weighted by Gasteiger charge is -2.21. The summed E-state index contributed by atoms with van der Waals surface area (Å²) in [6, 6.07) is 15.7. The second kappa shape index (κ2) is 10.1. The molecule has 0 amide bonds. The van der Waals surface area contributed by atoms with Gasteiger partial charge in [0.15, 0.2) is 5.78 Å². The number of ether oxygens (including phenoxy) is 2. The SMILES string of the molecule is O=C1c2ccc(OCCOc3ccc(F)cc3)cc2CC2CCC1C2NSc1ccc(Cl)s1. The van der Waals surface area contributed by atoms with Gasteiger partial charge in [-0.25, -0.2) is 4.39 Å². The molecule has 2 aromatic carbocycles. The van der Waals surface area contributed by atoms with Crippen LogP contribution in [0.1, 0.15) is 28.8 Å². The highest BCUT2D eigenvalue weighted by atomic mass is 35.5. The quantitative estimate of drug-likeness (QED) is 0.283. The zero-order valence-electron chi connectivity index (χ0n) is 17.8. The second-order valence-electron chi connectivity index (χ2n) is 8.29. The van der Waals surface area contributed by atoms with E-state index in [-0.39, 0.29) is 23.6 Å². The zero-order chi connectivity index (χ0) is 22.8. The summed E-state index contributed by atoms with van der Waals surface area (Å²) < 4.78 is 29.9. The van der Waals surface area contributed by atoms with Crippen LogP contribution in [0.3, 0.4) is 0 Å². The summed E-state index contributed by atoms with van der Waals surface area (Å²) in [5.74, 6) is 1.66. The maximum atomic E-state index is 13.3. The Morgan fingerprint density at radius 3 is 2.55 bits per heavy atom. The van der Waals surface area contributed by atoms with E-state index in [1.807, 2.05) is 30.3 Å². The Bertz CT molecular complexity index is 1140. The number of hydrogen-bond donors (Lipinski definition) is 1. The topological polar surface area (TPSA) is 47.6 Å². The Morgan fingerprint density at radius 2 is 1.79 bits per heavy atom. The molecule has 1 aromatic heterocycles. The molecule has 8 heteroatoms. The summed E-state index contributed by atoms with van der Waals surface area (Å²) >= 11 is 9.16. The molecule has 3 aromatic rings. The Labute approximate surface area is 205 Å². The van der Waals surface area contributed by atoms with Gasteiger partial charge >= 0.3 is 0 Å². The molecule has 4 nitrogen and oxygen atoms in total. The average molecular weight is 504 g/mol. The molecule has 1 saturated carbocycles. The second-order valence-corrected chi connectivity index (χ2v) is 11.1. The maximum Gasteiger partial charge on any atom is 0.167 e. The number of nitrogens with one attached hydrogen (secondary N) is 1. The lowest BCUT2D eigenvalue weighted by atomic mass is 9.92. The van der Waals surface area contributed by atoms with Gasteiger partial charge in [0, 0.05) is 17.5 Å². The summed E-state index contributed by atoms with van der Waals surface area (Å²) in [6.07, 6.45) is 2.81. The van der Waals surface area contributed by atoms with Crippen molar-refractivity contribution in [2.75, 3.05) is 13.2 Å². The highest BCUT2D eigenvalue weighted by Crippen LogP contribution is 2.42. The largest absolute Gasteiger partial charge is 0.490 e. The average Bonchev–Trinajstić information content (AvgIpc) is 3.38. The van der Waals surface area contributed by atoms with Crippen LogP contribution in [0.15, 0.2) is 58.8 Å². The molecule has 0 saturated heterocycles. The molecule has 1 fully saturated rings. The van der Waals surface area contributed by atoms with E-state index < -0.39 is 0 Å². The molecular formula is C25H23ClFNO3S2. The number of carbonyl (C=O) groups is 1. The zero-order valence-corrected chi connectivity index (χ0v) is 20.1. The van der Waals surface area contributed by atoms with Crippen molar-refractivity contribution >= 4 is 40.7 Å². The molecule has 5 rings (SSSR count). The minimum atomic E-state index is -0.293. The summed E-state index contributed by atoms with van der Waals surface area (Å²) in [6.45, 7) is 0.711. The smallest absolute Gasteiger partial charge is 0.167 e. The van der Waals surface area contributed by atoms with E-state index in [1.54, 1.807) is 35.4 Å². The first kappa shape index (κ1) is 22.7. The summed E-state index contributed by atoms with van der Waals surface area (Å²) in [5.41, 5.74) is 1.87. The molecule has 3 atom stereocenters. The van der Waals surface area contributed by atoms with Crippen LogP contribution in [0.5, 0.6) is 11.5 Å². The normalized spacial score (nSPS) is 21.5. The van der Waals surface area contributed by atoms with Crippen LogP contribution < -0.4 is 14.2 Å². The van der Waals surface area contributed by atoms with E-state index >= 15 is 0 Å². The van der Waals surface area contributed by atoms with E-state index in [9.17, 15) is 9.18 Å². The van der Waals surface area contributed by atoms with Gasteiger partial charge in [-0.2, -0.15) is 0 Å². The van der Waals surface area contributed by atoms with Gasteiger partial charge in [-0.15, -0.1) is 11.3 Å². The van der Waals surface area contributed by atoms with Crippen molar-refractivity contribution < 1.29 is 18.7 Å². The number of hydrogen-bond acceptors (Lipinski definition) is 6. The van der Waals surface area contributed by atoms with Crippen molar-refractivity contribution in [3.05, 3.63) is 75.9 Å². The van der Waals surface area contributed by atoms with Gasteiger partial charge in [-0.3, -0.25) is 9.52 Å². The van der Waals surface area contributed by atoms with Crippen molar-refractivity contribution in [3.63, 3.8) is 0 Å². The van der Waals surface area contributed by atoms with Gasteiger partial charge in [0.25, 0.3) is 0 Å². The maximum absolute atomic E-state index is 13.3. The number of Topliss-reactive ketones (excluding diaryl/α,β-unsaturated/α-hetero) is 1. The van der Waals surface area contributed by atoms with Gasteiger partial charge in [-0.1, -0.05) is 11.6 Å². The Balaban J connectivity index is 1.21. The molecule has 1 N–H and O–H groups in total. The molecule has 1 heterocycles. The van der Waals surface area contributed by atoms with E-state index in [0.29, 0.717) is 24.9 Å². The van der Waals surface area contributed by atoms with Gasteiger partial charge in [0.05, 0.1) is 8.55 Å². The molecule has 2 bridgehead atoms. The molecule has 2 aliphatic carbocycles. The third-order valence-corrected chi connectivity index (χ3v) is 8.48. The standard InChI is InChI=1S/C25H23ClFNO3S2/c26-22-9-10-23(32-22)33-28-24-15-1-7-21(24)25(29)20-8-6-19(14-16(20)13-15)31-12-11-30-18-4-2-17(27)3-5-18/h2-6,8-10,14-15,21,24,28H,1,7,11-13H2. The van der Waals surface area contributed by atoms with Crippen LogP contribution in [-0.4, -0.2) is 25.0 Å². The number of fused-ring (bicyclic) bond motifs is 3. The number of carbonyl (C=O) groups excluding carboxylic acids is 1. The first-order valence-corrected chi connectivity index (χ1v) is 12.9. The number of halogens is 2. The molecular weight excluding hydrogens is 481 g/mol. The van der Waals surface area contributed by atoms with Gasteiger partial charge in [0.1, 0.15) is 30.5 Å². The van der Waals surface area contributed by atoms with Crippen LogP contribution in [0.25, 0.3) is 0 Å². The van der Waals surface area contributed by atoms with Crippen LogP contribution in [-0.2, 0) is 6.42 Å². The van der Waals surface area contributed by atoms with Gasteiger partial charge < -0.3 is 9.47 Å². The monoisotopic (exact) mass is 503 g/mol. The predicted molar refractivity (Wildman–Crippen MR) is 130 cm³/mol.